The van der Waals surface area contributed by atoms with Crippen molar-refractivity contribution in [2.75, 3.05) is 6.54 Å². The van der Waals surface area contributed by atoms with Crippen LogP contribution in [0.2, 0.25) is 0 Å². The minimum Gasteiger partial charge on any atom is -0.357 e. The van der Waals surface area contributed by atoms with Crippen LogP contribution in [0.4, 0.5) is 0 Å². The van der Waals surface area contributed by atoms with Gasteiger partial charge in [-0.25, -0.2) is 11.4 Å². The lowest BCUT2D eigenvalue weighted by molar-refractivity contribution is 0.202. The number of nitrogens with one attached hydrogen (secondary N) is 2. The molecule has 1 aromatic heterocycles. The summed E-state index contributed by atoms with van der Waals surface area (Å²) in [6.45, 7) is 10.3. The van der Waals surface area contributed by atoms with Gasteiger partial charge in [-0.05, 0) is 60.2 Å². The number of hydrazine groups is 1. The lowest BCUT2D eigenvalue weighted by Gasteiger charge is -2.36. The second kappa shape index (κ2) is 9.29. The lowest BCUT2D eigenvalue weighted by atomic mass is 9.90. The summed E-state index contributed by atoms with van der Waals surface area (Å²) in [7, 11) is 0. The Morgan fingerprint density at radius 1 is 1.12 bits per heavy atom. The Bertz CT molecular complexity index is 1360. The summed E-state index contributed by atoms with van der Waals surface area (Å²) in [6, 6.07) is 24.3. The molecule has 4 aromatic rings. The van der Waals surface area contributed by atoms with Crippen molar-refractivity contribution >= 4 is 22.7 Å². The van der Waals surface area contributed by atoms with Gasteiger partial charge in [-0.2, -0.15) is 5.10 Å². The quantitative estimate of drug-likeness (QED) is 0.210. The van der Waals surface area contributed by atoms with Gasteiger partial charge in [0.05, 0.1) is 12.3 Å². The number of H-pyrrole nitrogens is 1. The first-order valence-corrected chi connectivity index (χ1v) is 11.7. The van der Waals surface area contributed by atoms with Gasteiger partial charge in [0.15, 0.2) is 0 Å². The van der Waals surface area contributed by atoms with E-state index in [1.165, 1.54) is 44.4 Å². The zero-order valence-electron chi connectivity index (χ0n) is 19.8. The maximum Gasteiger partial charge on any atom is 0.0760 e. The van der Waals surface area contributed by atoms with E-state index in [1.807, 2.05) is 0 Å². The molecule has 1 unspecified atom stereocenters. The van der Waals surface area contributed by atoms with E-state index in [0.29, 0.717) is 0 Å². The van der Waals surface area contributed by atoms with E-state index >= 15 is 0 Å². The zero-order chi connectivity index (χ0) is 23.7. The standard InChI is InChI=1S/C29H31N5/c1-19-13-20(2)15-24(14-19)29-28-26(25-9-4-5-10-27(25)32-28)11-12-34(29)18-22-7-6-8-23(16-22)21(3)17-31-33-30/h4-10,13-17,29,32-33H,3,11-12,18,30H2,1-2H3/b31-17-. The summed E-state index contributed by atoms with van der Waals surface area (Å²) >= 11 is 0. The third-order valence-electron chi connectivity index (χ3n) is 6.67. The fraction of sp³-hybridized carbons (Fsp3) is 0.207. The highest BCUT2D eigenvalue weighted by atomic mass is 15.5. The second-order valence-electron chi connectivity index (χ2n) is 9.22. The first kappa shape index (κ1) is 22.1. The normalized spacial score (nSPS) is 16.1. The molecule has 1 aliphatic rings. The van der Waals surface area contributed by atoms with Crippen molar-refractivity contribution in [3.8, 4) is 0 Å². The van der Waals surface area contributed by atoms with Crippen LogP contribution in [0.1, 0.15) is 45.1 Å². The number of aromatic nitrogens is 1. The average molecular weight is 450 g/mol. The van der Waals surface area contributed by atoms with E-state index in [9.17, 15) is 0 Å². The van der Waals surface area contributed by atoms with Crippen molar-refractivity contribution < 1.29 is 0 Å². The molecule has 1 aliphatic heterocycles. The van der Waals surface area contributed by atoms with Gasteiger partial charge >= 0.3 is 0 Å². The number of rotatable bonds is 6. The fourth-order valence-corrected chi connectivity index (χ4v) is 5.30. The summed E-state index contributed by atoms with van der Waals surface area (Å²) in [5.41, 5.74) is 13.3. The van der Waals surface area contributed by atoms with Gasteiger partial charge in [-0.1, -0.05) is 72.3 Å². The van der Waals surface area contributed by atoms with Crippen LogP contribution in [0.15, 0.2) is 78.4 Å². The molecule has 5 heteroatoms. The highest BCUT2D eigenvalue weighted by molar-refractivity contribution is 6.08. The molecular weight excluding hydrogens is 418 g/mol. The van der Waals surface area contributed by atoms with Gasteiger partial charge in [0.25, 0.3) is 0 Å². The van der Waals surface area contributed by atoms with Crippen molar-refractivity contribution in [1.29, 1.82) is 0 Å². The predicted octanol–water partition coefficient (Wildman–Crippen LogP) is 5.39. The van der Waals surface area contributed by atoms with Crippen molar-refractivity contribution in [3.05, 3.63) is 112 Å². The minimum absolute atomic E-state index is 0.171. The van der Waals surface area contributed by atoms with Crippen molar-refractivity contribution in [2.24, 2.45) is 10.9 Å². The van der Waals surface area contributed by atoms with Gasteiger partial charge in [-0.15, -0.1) is 0 Å². The Morgan fingerprint density at radius 2 is 1.91 bits per heavy atom. The van der Waals surface area contributed by atoms with E-state index in [4.69, 9.17) is 5.84 Å². The molecule has 2 heterocycles. The smallest absolute Gasteiger partial charge is 0.0760 e. The fourth-order valence-electron chi connectivity index (χ4n) is 5.30. The molecule has 172 valence electrons. The number of aryl methyl sites for hydroxylation is 2. The van der Waals surface area contributed by atoms with Crippen LogP contribution in [-0.4, -0.2) is 22.6 Å². The van der Waals surface area contributed by atoms with E-state index in [0.717, 1.165) is 30.6 Å². The summed E-state index contributed by atoms with van der Waals surface area (Å²) in [5.74, 6) is 5.27. The molecule has 0 bridgehead atoms. The molecule has 0 saturated carbocycles. The first-order chi connectivity index (χ1) is 16.5. The number of hydrazone groups is 1. The number of nitrogens with zero attached hydrogens (tertiary/aromatic N) is 2. The highest BCUT2D eigenvalue weighted by Crippen LogP contribution is 2.39. The molecular formula is C29H31N5. The summed E-state index contributed by atoms with van der Waals surface area (Å²) in [6.07, 6.45) is 2.68. The van der Waals surface area contributed by atoms with E-state index in [-0.39, 0.29) is 6.04 Å². The zero-order valence-corrected chi connectivity index (χ0v) is 19.8. The predicted molar refractivity (Wildman–Crippen MR) is 141 cm³/mol. The van der Waals surface area contributed by atoms with Gasteiger partial charge in [-0.3, -0.25) is 4.90 Å². The molecule has 0 amide bonds. The van der Waals surface area contributed by atoms with Crippen molar-refractivity contribution in [3.63, 3.8) is 0 Å². The second-order valence-corrected chi connectivity index (χ2v) is 9.22. The Labute approximate surface area is 201 Å². The van der Waals surface area contributed by atoms with E-state index in [1.54, 1.807) is 6.21 Å². The molecule has 5 nitrogen and oxygen atoms in total. The van der Waals surface area contributed by atoms with Crippen molar-refractivity contribution in [1.82, 2.24) is 15.4 Å². The van der Waals surface area contributed by atoms with Crippen molar-refractivity contribution in [2.45, 2.75) is 32.9 Å². The molecule has 0 aliphatic carbocycles. The van der Waals surface area contributed by atoms with Gasteiger partial charge < -0.3 is 4.98 Å². The minimum atomic E-state index is 0.171. The number of nitrogens with two attached hydrogens (primary N) is 1. The Kier molecular flexibility index (Phi) is 6.05. The molecule has 34 heavy (non-hydrogen) atoms. The summed E-state index contributed by atoms with van der Waals surface area (Å²) in [5, 5.41) is 5.24. The first-order valence-electron chi connectivity index (χ1n) is 11.7. The summed E-state index contributed by atoms with van der Waals surface area (Å²) < 4.78 is 0. The van der Waals surface area contributed by atoms with Crippen LogP contribution in [0.3, 0.4) is 0 Å². The highest BCUT2D eigenvalue weighted by Gasteiger charge is 2.32. The molecule has 5 rings (SSSR count). The van der Waals surface area contributed by atoms with Crippen LogP contribution >= 0.6 is 0 Å². The molecule has 4 N–H and O–H groups in total. The van der Waals surface area contributed by atoms with Crippen LogP contribution in [0, 0.1) is 13.8 Å². The summed E-state index contributed by atoms with van der Waals surface area (Å²) in [4.78, 5) is 6.37. The number of allylic oxidation sites excluding steroid dienone is 1. The Balaban J connectivity index is 1.55. The van der Waals surface area contributed by atoms with Gasteiger partial charge in [0, 0.05) is 29.7 Å². The number of para-hydroxylation sites is 1. The third-order valence-corrected chi connectivity index (χ3v) is 6.67. The molecule has 0 spiro atoms. The maximum atomic E-state index is 5.27. The largest absolute Gasteiger partial charge is 0.357 e. The number of benzene rings is 3. The van der Waals surface area contributed by atoms with Crippen LogP contribution in [0.5, 0.6) is 0 Å². The van der Waals surface area contributed by atoms with Crippen LogP contribution < -0.4 is 11.4 Å². The number of hydrogen-bond acceptors (Lipinski definition) is 4. The number of aromatic amines is 1. The molecule has 3 aromatic carbocycles. The van der Waals surface area contributed by atoms with Gasteiger partial charge in [0.2, 0.25) is 0 Å². The molecule has 0 radical (unpaired) electrons. The van der Waals surface area contributed by atoms with Crippen LogP contribution in [0.25, 0.3) is 16.5 Å². The van der Waals surface area contributed by atoms with Gasteiger partial charge in [0.1, 0.15) is 0 Å². The van der Waals surface area contributed by atoms with E-state index < -0.39 is 0 Å². The van der Waals surface area contributed by atoms with Crippen LogP contribution in [-0.2, 0) is 13.0 Å². The SMILES string of the molecule is C=C(/C=N\NN)c1cccc(CN2CCc3c([nH]c4ccccc34)C2c2cc(C)cc(C)c2)c1. The topological polar surface area (TPSA) is 69.4 Å². The monoisotopic (exact) mass is 449 g/mol. The third kappa shape index (κ3) is 4.28. The maximum absolute atomic E-state index is 5.27. The average Bonchev–Trinajstić information content (AvgIpc) is 3.20. The molecule has 0 saturated heterocycles. The number of hydrogen-bond donors (Lipinski definition) is 3. The molecule has 1 atom stereocenters. The Hall–Kier alpha value is -3.67. The lowest BCUT2D eigenvalue weighted by Crippen LogP contribution is -2.35. The Morgan fingerprint density at radius 3 is 2.71 bits per heavy atom. The number of fused-ring (bicyclic) bond motifs is 3. The van der Waals surface area contributed by atoms with E-state index in [2.05, 4.69) is 108 Å². The molecule has 0 fully saturated rings.